The van der Waals surface area contributed by atoms with Crippen LogP contribution in [-0.2, 0) is 11.2 Å². The summed E-state index contributed by atoms with van der Waals surface area (Å²) in [6, 6.07) is 6.94. The van der Waals surface area contributed by atoms with Crippen LogP contribution in [0.15, 0.2) is 30.5 Å². The molecule has 1 N–H and O–H groups in total. The molecule has 0 unspecified atom stereocenters. The number of benzene rings is 1. The molecule has 0 spiro atoms. The molecule has 8 heteroatoms. The second-order valence-electron chi connectivity index (χ2n) is 6.66. The summed E-state index contributed by atoms with van der Waals surface area (Å²) in [5.74, 6) is 0.244. The van der Waals surface area contributed by atoms with Gasteiger partial charge in [-0.05, 0) is 42.7 Å². The highest BCUT2D eigenvalue weighted by Gasteiger charge is 2.19. The van der Waals surface area contributed by atoms with E-state index in [1.807, 2.05) is 0 Å². The number of carboxylic acid groups (broad SMARTS) is 1. The van der Waals surface area contributed by atoms with E-state index in [0.29, 0.717) is 34.2 Å². The lowest BCUT2D eigenvalue weighted by Gasteiger charge is -2.14. The molecule has 0 saturated heterocycles. The van der Waals surface area contributed by atoms with Crippen LogP contribution in [0.25, 0.3) is 17.3 Å². The lowest BCUT2D eigenvalue weighted by Crippen LogP contribution is -2.09. The monoisotopic (exact) mass is 411 g/mol. The van der Waals surface area contributed by atoms with Gasteiger partial charge in [-0.3, -0.25) is 0 Å². The molecule has 0 aliphatic carbocycles. The second-order valence-corrected chi connectivity index (χ2v) is 6.66. The minimum Gasteiger partial charge on any atom is -0.493 e. The molecule has 0 saturated carbocycles. The highest BCUT2D eigenvalue weighted by Crippen LogP contribution is 2.39. The first-order valence-corrected chi connectivity index (χ1v) is 9.61. The van der Waals surface area contributed by atoms with E-state index in [2.05, 4.69) is 17.0 Å². The zero-order valence-corrected chi connectivity index (χ0v) is 17.5. The minimum absolute atomic E-state index is 0.0816. The Morgan fingerprint density at radius 3 is 2.40 bits per heavy atom. The number of ether oxygens (including phenoxy) is 3. The van der Waals surface area contributed by atoms with Gasteiger partial charge in [-0.2, -0.15) is 5.10 Å². The Hall–Kier alpha value is -3.55. The summed E-state index contributed by atoms with van der Waals surface area (Å²) in [6.45, 7) is 2.10. The van der Waals surface area contributed by atoms with Crippen LogP contribution in [-0.4, -0.2) is 47.0 Å². The van der Waals surface area contributed by atoms with E-state index in [4.69, 9.17) is 14.2 Å². The van der Waals surface area contributed by atoms with Crippen molar-refractivity contribution in [3.8, 4) is 17.2 Å². The zero-order chi connectivity index (χ0) is 21.7. The molecule has 0 atom stereocenters. The molecule has 0 amide bonds. The van der Waals surface area contributed by atoms with Crippen LogP contribution in [0, 0.1) is 0 Å². The minimum atomic E-state index is -1.08. The fourth-order valence-corrected chi connectivity index (χ4v) is 3.24. The lowest BCUT2D eigenvalue weighted by atomic mass is 10.0. The molecule has 0 aliphatic rings. The summed E-state index contributed by atoms with van der Waals surface area (Å²) < 4.78 is 17.6. The molecule has 0 bridgehead atoms. The van der Waals surface area contributed by atoms with Gasteiger partial charge in [0.25, 0.3) is 0 Å². The number of methoxy groups -OCH3 is 3. The quantitative estimate of drug-likeness (QED) is 0.536. The van der Waals surface area contributed by atoms with Gasteiger partial charge in [0.2, 0.25) is 5.75 Å². The van der Waals surface area contributed by atoms with Crippen molar-refractivity contribution in [3.63, 3.8) is 0 Å². The molecule has 3 rings (SSSR count). The fraction of sp³-hybridized carbons (Fsp3) is 0.318. The van der Waals surface area contributed by atoms with Crippen LogP contribution < -0.4 is 14.2 Å². The average molecular weight is 411 g/mol. The summed E-state index contributed by atoms with van der Waals surface area (Å²) in [4.78, 5) is 16.8. The normalized spacial score (nSPS) is 11.5. The molecule has 2 aromatic heterocycles. The number of carboxylic acids is 1. The van der Waals surface area contributed by atoms with E-state index in [1.54, 1.807) is 36.5 Å². The predicted molar refractivity (Wildman–Crippen MR) is 113 cm³/mol. The van der Waals surface area contributed by atoms with Crippen LogP contribution in [0.1, 0.15) is 36.7 Å². The Kier molecular flexibility index (Phi) is 6.56. The molecule has 8 nitrogen and oxygen atoms in total. The van der Waals surface area contributed by atoms with Gasteiger partial charge >= 0.3 is 5.97 Å². The maximum Gasteiger partial charge on any atom is 0.337 e. The van der Waals surface area contributed by atoms with Crippen molar-refractivity contribution >= 4 is 23.3 Å². The standard InChI is InChI=1S/C22H25N3O5/c1-5-6-7-15-13-17(25-20(24-15)8-9-23-25)16(22(26)27)10-14-11-18(28-2)21(30-4)19(12-14)29-3/h8-13H,5-7H2,1-4H3,(H,26,27)/b16-10-. The maximum atomic E-state index is 12.2. The number of aryl methyl sites for hydroxylation is 1. The SMILES string of the molecule is CCCCc1cc(/C(=C/c2cc(OC)c(OC)c(OC)c2)C(=O)O)n2nccc2n1. The first-order valence-electron chi connectivity index (χ1n) is 9.61. The van der Waals surface area contributed by atoms with Gasteiger partial charge in [0.1, 0.15) is 0 Å². The van der Waals surface area contributed by atoms with Crippen LogP contribution >= 0.6 is 0 Å². The summed E-state index contributed by atoms with van der Waals surface area (Å²) in [5, 5.41) is 14.2. The molecule has 0 radical (unpaired) electrons. The van der Waals surface area contributed by atoms with Gasteiger partial charge < -0.3 is 19.3 Å². The Bertz CT molecular complexity index is 1060. The summed E-state index contributed by atoms with van der Waals surface area (Å²) >= 11 is 0. The topological polar surface area (TPSA) is 95.2 Å². The third-order valence-corrected chi connectivity index (χ3v) is 4.70. The van der Waals surface area contributed by atoms with Crippen LogP contribution in [0.5, 0.6) is 17.2 Å². The van der Waals surface area contributed by atoms with Gasteiger partial charge in [0.05, 0.1) is 38.8 Å². The Morgan fingerprint density at radius 1 is 1.13 bits per heavy atom. The van der Waals surface area contributed by atoms with Gasteiger partial charge in [0, 0.05) is 11.8 Å². The first-order chi connectivity index (χ1) is 14.5. The van der Waals surface area contributed by atoms with E-state index in [9.17, 15) is 9.90 Å². The third-order valence-electron chi connectivity index (χ3n) is 4.70. The molecule has 3 aromatic rings. The van der Waals surface area contributed by atoms with E-state index < -0.39 is 5.97 Å². The number of unbranched alkanes of at least 4 members (excludes halogenated alkanes) is 1. The average Bonchev–Trinajstić information content (AvgIpc) is 3.23. The number of carbonyl (C=O) groups is 1. The van der Waals surface area contributed by atoms with Crippen molar-refractivity contribution in [2.24, 2.45) is 0 Å². The molecule has 158 valence electrons. The number of hydrogen-bond acceptors (Lipinski definition) is 6. The van der Waals surface area contributed by atoms with Crippen molar-refractivity contribution in [1.82, 2.24) is 14.6 Å². The molecule has 30 heavy (non-hydrogen) atoms. The second kappa shape index (κ2) is 9.30. The van der Waals surface area contributed by atoms with E-state index in [1.165, 1.54) is 25.8 Å². The fourth-order valence-electron chi connectivity index (χ4n) is 3.24. The van der Waals surface area contributed by atoms with Crippen molar-refractivity contribution in [2.75, 3.05) is 21.3 Å². The molecule has 1 aromatic carbocycles. The number of aromatic nitrogens is 3. The third kappa shape index (κ3) is 4.22. The van der Waals surface area contributed by atoms with E-state index >= 15 is 0 Å². The molecular formula is C22H25N3O5. The van der Waals surface area contributed by atoms with Crippen molar-refractivity contribution in [2.45, 2.75) is 26.2 Å². The largest absolute Gasteiger partial charge is 0.493 e. The number of nitrogens with zero attached hydrogens (tertiary/aromatic N) is 3. The molecule has 0 aliphatic heterocycles. The molecule has 2 heterocycles. The summed E-state index contributed by atoms with van der Waals surface area (Å²) in [5.41, 5.74) is 2.57. The Balaban J connectivity index is 2.19. The van der Waals surface area contributed by atoms with Crippen molar-refractivity contribution in [1.29, 1.82) is 0 Å². The van der Waals surface area contributed by atoms with Crippen molar-refractivity contribution in [3.05, 3.63) is 47.4 Å². The molecular weight excluding hydrogens is 386 g/mol. The highest BCUT2D eigenvalue weighted by atomic mass is 16.5. The van der Waals surface area contributed by atoms with E-state index in [0.717, 1.165) is 25.0 Å². The van der Waals surface area contributed by atoms with Crippen LogP contribution in [0.4, 0.5) is 0 Å². The Morgan fingerprint density at radius 2 is 1.83 bits per heavy atom. The van der Waals surface area contributed by atoms with Gasteiger partial charge in [-0.1, -0.05) is 13.3 Å². The molecule has 0 fully saturated rings. The van der Waals surface area contributed by atoms with Crippen molar-refractivity contribution < 1.29 is 24.1 Å². The van der Waals surface area contributed by atoms with Gasteiger partial charge in [-0.15, -0.1) is 0 Å². The van der Waals surface area contributed by atoms with Gasteiger partial charge in [-0.25, -0.2) is 14.3 Å². The number of fused-ring (bicyclic) bond motifs is 1. The maximum absolute atomic E-state index is 12.2. The number of rotatable bonds is 9. The summed E-state index contributed by atoms with van der Waals surface area (Å²) in [7, 11) is 4.54. The number of hydrogen-bond donors (Lipinski definition) is 1. The smallest absolute Gasteiger partial charge is 0.337 e. The predicted octanol–water partition coefficient (Wildman–Crippen LogP) is 3.72. The summed E-state index contributed by atoms with van der Waals surface area (Å²) in [6.07, 6.45) is 5.92. The van der Waals surface area contributed by atoms with Crippen LogP contribution in [0.2, 0.25) is 0 Å². The van der Waals surface area contributed by atoms with Gasteiger partial charge in [0.15, 0.2) is 17.1 Å². The Labute approximate surface area is 174 Å². The van der Waals surface area contributed by atoms with E-state index in [-0.39, 0.29) is 5.57 Å². The first kappa shape index (κ1) is 21.2. The highest BCUT2D eigenvalue weighted by molar-refractivity contribution is 6.20. The van der Waals surface area contributed by atoms with Crippen LogP contribution in [0.3, 0.4) is 0 Å². The number of aliphatic carboxylic acids is 1. The zero-order valence-electron chi connectivity index (χ0n) is 17.5. The lowest BCUT2D eigenvalue weighted by molar-refractivity contribution is -0.130.